The second kappa shape index (κ2) is 4.45. The maximum atomic E-state index is 12.7. The van der Waals surface area contributed by atoms with Crippen molar-refractivity contribution in [3.8, 4) is 0 Å². The van der Waals surface area contributed by atoms with Crippen LogP contribution in [0.3, 0.4) is 0 Å². The van der Waals surface area contributed by atoms with Gasteiger partial charge in [0.1, 0.15) is 11.0 Å². The molecule has 16 heavy (non-hydrogen) atoms. The number of anilines is 1. The molecule has 0 unspecified atom stereocenters. The molecule has 2 rings (SSSR count). The Balaban J connectivity index is 2.23. The Labute approximate surface area is 97.1 Å². The van der Waals surface area contributed by atoms with E-state index in [2.05, 4.69) is 9.97 Å². The topological polar surface area (TPSA) is 51.8 Å². The summed E-state index contributed by atoms with van der Waals surface area (Å²) in [6.07, 6.45) is 0.548. The highest BCUT2D eigenvalue weighted by Crippen LogP contribution is 2.13. The molecular formula is C11H9ClFN3. The van der Waals surface area contributed by atoms with Gasteiger partial charge in [0.2, 0.25) is 5.95 Å². The minimum atomic E-state index is -0.260. The molecule has 0 saturated carbocycles. The molecule has 82 valence electrons. The largest absolute Gasteiger partial charge is 0.368 e. The maximum absolute atomic E-state index is 12.7. The van der Waals surface area contributed by atoms with Crippen LogP contribution in [0.15, 0.2) is 30.3 Å². The first-order valence-electron chi connectivity index (χ1n) is 4.67. The molecule has 0 bridgehead atoms. The van der Waals surface area contributed by atoms with E-state index >= 15 is 0 Å². The lowest BCUT2D eigenvalue weighted by atomic mass is 10.1. The Morgan fingerprint density at radius 1 is 1.19 bits per heavy atom. The van der Waals surface area contributed by atoms with E-state index in [4.69, 9.17) is 17.3 Å². The summed E-state index contributed by atoms with van der Waals surface area (Å²) >= 11 is 5.75. The average Bonchev–Trinajstić information content (AvgIpc) is 2.20. The molecule has 0 aliphatic heterocycles. The van der Waals surface area contributed by atoms with Crippen molar-refractivity contribution in [3.05, 3.63) is 52.6 Å². The van der Waals surface area contributed by atoms with Gasteiger partial charge in [0.05, 0.1) is 5.69 Å². The summed E-state index contributed by atoms with van der Waals surface area (Å²) in [7, 11) is 0. The highest BCUT2D eigenvalue weighted by atomic mass is 35.5. The average molecular weight is 238 g/mol. The number of hydrogen-bond donors (Lipinski definition) is 1. The van der Waals surface area contributed by atoms with Crippen LogP contribution < -0.4 is 5.73 Å². The summed E-state index contributed by atoms with van der Waals surface area (Å²) in [6.45, 7) is 0. The van der Waals surface area contributed by atoms with Crippen LogP contribution in [0.1, 0.15) is 11.3 Å². The fourth-order valence-electron chi connectivity index (χ4n) is 1.39. The molecule has 0 atom stereocenters. The fraction of sp³-hybridized carbons (Fsp3) is 0.0909. The number of rotatable bonds is 2. The maximum Gasteiger partial charge on any atom is 0.221 e. The number of benzene rings is 1. The Bertz CT molecular complexity index is 479. The van der Waals surface area contributed by atoms with Crippen LogP contribution in [-0.2, 0) is 6.42 Å². The van der Waals surface area contributed by atoms with E-state index in [1.54, 1.807) is 18.2 Å². The predicted octanol–water partition coefficient (Wildman–Crippen LogP) is 2.44. The summed E-state index contributed by atoms with van der Waals surface area (Å²) in [5.74, 6) is -0.117. The zero-order valence-electron chi connectivity index (χ0n) is 8.32. The Morgan fingerprint density at radius 3 is 2.50 bits per heavy atom. The van der Waals surface area contributed by atoms with Gasteiger partial charge in [-0.3, -0.25) is 0 Å². The van der Waals surface area contributed by atoms with Crippen molar-refractivity contribution in [2.24, 2.45) is 0 Å². The van der Waals surface area contributed by atoms with Gasteiger partial charge in [-0.2, -0.15) is 0 Å². The molecule has 3 nitrogen and oxygen atoms in total. The summed E-state index contributed by atoms with van der Waals surface area (Å²) in [4.78, 5) is 7.80. The lowest BCUT2D eigenvalue weighted by Crippen LogP contribution is -2.00. The van der Waals surface area contributed by atoms with Gasteiger partial charge in [-0.15, -0.1) is 0 Å². The van der Waals surface area contributed by atoms with Crippen molar-refractivity contribution < 1.29 is 4.39 Å². The van der Waals surface area contributed by atoms with E-state index < -0.39 is 0 Å². The summed E-state index contributed by atoms with van der Waals surface area (Å²) in [6, 6.07) is 7.84. The number of aromatic nitrogens is 2. The van der Waals surface area contributed by atoms with Gasteiger partial charge in [0, 0.05) is 6.42 Å². The van der Waals surface area contributed by atoms with Crippen molar-refractivity contribution in [3.63, 3.8) is 0 Å². The molecule has 5 heteroatoms. The van der Waals surface area contributed by atoms with E-state index in [0.29, 0.717) is 17.3 Å². The molecule has 0 aliphatic rings. The third-order valence-corrected chi connectivity index (χ3v) is 2.26. The smallest absolute Gasteiger partial charge is 0.221 e. The van der Waals surface area contributed by atoms with Crippen LogP contribution in [0.2, 0.25) is 5.15 Å². The molecular weight excluding hydrogens is 229 g/mol. The standard InChI is InChI=1S/C11H9ClFN3/c12-10-6-9(15-11(14)16-10)5-7-1-3-8(13)4-2-7/h1-4,6H,5H2,(H2,14,15,16). The summed E-state index contributed by atoms with van der Waals surface area (Å²) < 4.78 is 12.7. The first-order chi connectivity index (χ1) is 7.63. The van der Waals surface area contributed by atoms with Crippen LogP contribution in [0.25, 0.3) is 0 Å². The number of nitrogens with zero attached hydrogens (tertiary/aromatic N) is 2. The van der Waals surface area contributed by atoms with Gasteiger partial charge in [0.25, 0.3) is 0 Å². The van der Waals surface area contributed by atoms with Gasteiger partial charge in [0.15, 0.2) is 0 Å². The molecule has 0 spiro atoms. The normalized spacial score (nSPS) is 10.4. The molecule has 1 aromatic carbocycles. The van der Waals surface area contributed by atoms with Gasteiger partial charge in [-0.25, -0.2) is 14.4 Å². The second-order valence-corrected chi connectivity index (χ2v) is 3.73. The molecule has 0 radical (unpaired) electrons. The van der Waals surface area contributed by atoms with Crippen LogP contribution in [0.5, 0.6) is 0 Å². The Hall–Kier alpha value is -1.68. The molecule has 0 aliphatic carbocycles. The Morgan fingerprint density at radius 2 is 1.88 bits per heavy atom. The van der Waals surface area contributed by atoms with Crippen molar-refractivity contribution in [1.82, 2.24) is 9.97 Å². The van der Waals surface area contributed by atoms with E-state index in [0.717, 1.165) is 5.56 Å². The van der Waals surface area contributed by atoms with E-state index in [-0.39, 0.29) is 11.8 Å². The number of nitrogen functional groups attached to an aromatic ring is 1. The Kier molecular flexibility index (Phi) is 3.01. The van der Waals surface area contributed by atoms with Crippen LogP contribution in [-0.4, -0.2) is 9.97 Å². The number of nitrogens with two attached hydrogens (primary N) is 1. The zero-order chi connectivity index (χ0) is 11.5. The van der Waals surface area contributed by atoms with E-state index in [1.165, 1.54) is 12.1 Å². The lowest BCUT2D eigenvalue weighted by molar-refractivity contribution is 0.627. The van der Waals surface area contributed by atoms with Crippen molar-refractivity contribution in [2.75, 3.05) is 5.73 Å². The molecule has 2 aromatic rings. The van der Waals surface area contributed by atoms with Gasteiger partial charge in [-0.1, -0.05) is 23.7 Å². The molecule has 2 N–H and O–H groups in total. The quantitative estimate of drug-likeness (QED) is 0.817. The van der Waals surface area contributed by atoms with Crippen molar-refractivity contribution in [1.29, 1.82) is 0 Å². The third-order valence-electron chi connectivity index (χ3n) is 2.06. The number of halogens is 2. The highest BCUT2D eigenvalue weighted by molar-refractivity contribution is 6.29. The molecule has 0 saturated heterocycles. The van der Waals surface area contributed by atoms with E-state index in [9.17, 15) is 4.39 Å². The van der Waals surface area contributed by atoms with Crippen LogP contribution in [0, 0.1) is 5.82 Å². The third kappa shape index (κ3) is 2.67. The molecule has 0 amide bonds. The summed E-state index contributed by atoms with van der Waals surface area (Å²) in [5, 5.41) is 0.310. The van der Waals surface area contributed by atoms with Crippen LogP contribution >= 0.6 is 11.6 Å². The first kappa shape index (κ1) is 10.8. The fourth-order valence-corrected chi connectivity index (χ4v) is 1.60. The molecule has 1 aromatic heterocycles. The van der Waals surface area contributed by atoms with Gasteiger partial charge >= 0.3 is 0 Å². The van der Waals surface area contributed by atoms with E-state index in [1.807, 2.05) is 0 Å². The predicted molar refractivity (Wildman–Crippen MR) is 60.7 cm³/mol. The molecule has 0 fully saturated rings. The first-order valence-corrected chi connectivity index (χ1v) is 5.04. The minimum Gasteiger partial charge on any atom is -0.368 e. The van der Waals surface area contributed by atoms with Gasteiger partial charge < -0.3 is 5.73 Å². The number of hydrogen-bond acceptors (Lipinski definition) is 3. The van der Waals surface area contributed by atoms with Crippen molar-refractivity contribution >= 4 is 17.5 Å². The monoisotopic (exact) mass is 237 g/mol. The minimum absolute atomic E-state index is 0.143. The summed E-state index contributed by atoms with van der Waals surface area (Å²) in [5.41, 5.74) is 7.12. The highest BCUT2D eigenvalue weighted by Gasteiger charge is 2.02. The SMILES string of the molecule is Nc1nc(Cl)cc(Cc2ccc(F)cc2)n1. The zero-order valence-corrected chi connectivity index (χ0v) is 9.08. The lowest BCUT2D eigenvalue weighted by Gasteiger charge is -2.02. The molecule has 1 heterocycles. The van der Waals surface area contributed by atoms with Crippen LogP contribution in [0.4, 0.5) is 10.3 Å². The second-order valence-electron chi connectivity index (χ2n) is 3.34. The van der Waals surface area contributed by atoms with Gasteiger partial charge in [-0.05, 0) is 23.8 Å². The van der Waals surface area contributed by atoms with Crippen molar-refractivity contribution in [2.45, 2.75) is 6.42 Å².